The Morgan fingerprint density at radius 3 is 2.44 bits per heavy atom. The zero-order chi connectivity index (χ0) is 21.9. The SMILES string of the molecule is Cc1ccc(-c2noc(CN3CCN(C(=O)c4occc4-c4ccccc4)CC3)n2)cc1. The summed E-state index contributed by atoms with van der Waals surface area (Å²) in [5, 5.41) is 4.11. The number of hydrogen-bond donors (Lipinski definition) is 0. The van der Waals surface area contributed by atoms with E-state index in [9.17, 15) is 4.79 Å². The third-order valence-electron chi connectivity index (χ3n) is 5.74. The van der Waals surface area contributed by atoms with Gasteiger partial charge in [-0.25, -0.2) is 0 Å². The van der Waals surface area contributed by atoms with E-state index >= 15 is 0 Å². The van der Waals surface area contributed by atoms with Gasteiger partial charge < -0.3 is 13.8 Å². The molecule has 7 nitrogen and oxygen atoms in total. The Morgan fingerprint density at radius 1 is 0.938 bits per heavy atom. The Bertz CT molecular complexity index is 1190. The van der Waals surface area contributed by atoms with Crippen molar-refractivity contribution in [2.75, 3.05) is 26.2 Å². The maximum atomic E-state index is 13.1. The van der Waals surface area contributed by atoms with Gasteiger partial charge in [0.2, 0.25) is 11.7 Å². The smallest absolute Gasteiger partial charge is 0.290 e. The Balaban J connectivity index is 1.20. The molecule has 1 saturated heterocycles. The van der Waals surface area contributed by atoms with Crippen molar-refractivity contribution in [2.24, 2.45) is 0 Å². The van der Waals surface area contributed by atoms with E-state index in [-0.39, 0.29) is 5.91 Å². The van der Waals surface area contributed by atoms with Crippen molar-refractivity contribution in [1.29, 1.82) is 0 Å². The third-order valence-corrected chi connectivity index (χ3v) is 5.74. The van der Waals surface area contributed by atoms with Gasteiger partial charge in [0.25, 0.3) is 5.91 Å². The van der Waals surface area contributed by atoms with Crippen molar-refractivity contribution in [2.45, 2.75) is 13.5 Å². The topological polar surface area (TPSA) is 75.6 Å². The summed E-state index contributed by atoms with van der Waals surface area (Å²) < 4.78 is 11.0. The van der Waals surface area contributed by atoms with Gasteiger partial charge >= 0.3 is 0 Å². The molecular formula is C25H24N4O3. The molecule has 0 radical (unpaired) electrons. The normalized spacial score (nSPS) is 14.6. The molecule has 0 saturated carbocycles. The van der Waals surface area contributed by atoms with Crippen molar-refractivity contribution in [3.05, 3.63) is 84.1 Å². The average Bonchev–Trinajstić information content (AvgIpc) is 3.50. The molecule has 1 aliphatic rings. The molecular weight excluding hydrogens is 404 g/mol. The van der Waals surface area contributed by atoms with Gasteiger partial charge in [0.15, 0.2) is 5.76 Å². The van der Waals surface area contributed by atoms with Gasteiger partial charge in [0.1, 0.15) is 0 Å². The molecule has 0 spiro atoms. The van der Waals surface area contributed by atoms with Gasteiger partial charge in [0.05, 0.1) is 12.8 Å². The van der Waals surface area contributed by atoms with Crippen LogP contribution in [0, 0.1) is 6.92 Å². The van der Waals surface area contributed by atoms with E-state index in [4.69, 9.17) is 8.94 Å². The standard InChI is InChI=1S/C25H24N4O3/c1-18-7-9-20(10-8-18)24-26-22(32-27-24)17-28-12-14-29(15-13-28)25(30)23-21(11-16-31-23)19-5-3-2-4-6-19/h2-11,16H,12-15,17H2,1H3. The molecule has 0 bridgehead atoms. The van der Waals surface area contributed by atoms with Gasteiger partial charge in [-0.05, 0) is 18.6 Å². The fraction of sp³-hybridized carbons (Fsp3) is 0.240. The molecule has 1 amide bonds. The zero-order valence-electron chi connectivity index (χ0n) is 17.9. The van der Waals surface area contributed by atoms with E-state index in [1.807, 2.05) is 72.5 Å². The molecule has 32 heavy (non-hydrogen) atoms. The van der Waals surface area contributed by atoms with Crippen LogP contribution in [0.4, 0.5) is 0 Å². The Kier molecular flexibility index (Phi) is 5.56. The first kappa shape index (κ1) is 20.2. The lowest BCUT2D eigenvalue weighted by molar-refractivity contribution is 0.0586. The zero-order valence-corrected chi connectivity index (χ0v) is 17.9. The van der Waals surface area contributed by atoms with Crippen molar-refractivity contribution in [1.82, 2.24) is 19.9 Å². The number of piperazine rings is 1. The van der Waals surface area contributed by atoms with E-state index in [1.165, 1.54) is 5.56 Å². The first-order valence-corrected chi connectivity index (χ1v) is 10.7. The molecule has 5 rings (SSSR count). The highest BCUT2D eigenvalue weighted by Gasteiger charge is 2.27. The minimum absolute atomic E-state index is 0.0760. The van der Waals surface area contributed by atoms with Crippen LogP contribution in [0.3, 0.4) is 0 Å². The number of furan rings is 1. The van der Waals surface area contributed by atoms with E-state index in [0.29, 0.717) is 37.1 Å². The molecule has 0 unspecified atom stereocenters. The number of benzene rings is 2. The first-order chi connectivity index (χ1) is 15.7. The maximum Gasteiger partial charge on any atom is 0.290 e. The molecule has 2 aromatic carbocycles. The summed E-state index contributed by atoms with van der Waals surface area (Å²) in [5.74, 6) is 1.50. The second-order valence-corrected chi connectivity index (χ2v) is 7.98. The molecule has 2 aromatic heterocycles. The summed E-state index contributed by atoms with van der Waals surface area (Å²) in [6.07, 6.45) is 1.58. The van der Waals surface area contributed by atoms with Crippen molar-refractivity contribution in [3.8, 4) is 22.5 Å². The van der Waals surface area contributed by atoms with Crippen LogP contribution in [-0.4, -0.2) is 52.0 Å². The predicted octanol–water partition coefficient (Wildman–Crippen LogP) is 4.26. The highest BCUT2D eigenvalue weighted by molar-refractivity contribution is 5.98. The highest BCUT2D eigenvalue weighted by atomic mass is 16.5. The molecule has 3 heterocycles. The van der Waals surface area contributed by atoms with E-state index < -0.39 is 0 Å². The summed E-state index contributed by atoms with van der Waals surface area (Å²) in [6.45, 7) is 5.31. The summed E-state index contributed by atoms with van der Waals surface area (Å²) in [7, 11) is 0. The molecule has 1 aliphatic heterocycles. The lowest BCUT2D eigenvalue weighted by atomic mass is 10.1. The van der Waals surface area contributed by atoms with Crippen LogP contribution in [0.15, 0.2) is 75.9 Å². The molecule has 4 aromatic rings. The minimum atomic E-state index is -0.0760. The van der Waals surface area contributed by atoms with Crippen molar-refractivity contribution < 1.29 is 13.7 Å². The average molecular weight is 428 g/mol. The number of aryl methyl sites for hydroxylation is 1. The second-order valence-electron chi connectivity index (χ2n) is 7.98. The van der Waals surface area contributed by atoms with Gasteiger partial charge in [-0.2, -0.15) is 4.98 Å². The van der Waals surface area contributed by atoms with Gasteiger partial charge in [0, 0.05) is 37.3 Å². The molecule has 162 valence electrons. The Hall–Kier alpha value is -3.71. The summed E-state index contributed by atoms with van der Waals surface area (Å²) in [5.41, 5.74) is 3.93. The van der Waals surface area contributed by atoms with Crippen LogP contribution in [-0.2, 0) is 6.54 Å². The second kappa shape index (κ2) is 8.80. The number of carbonyl (C=O) groups excluding carboxylic acids is 1. The minimum Gasteiger partial charge on any atom is -0.459 e. The van der Waals surface area contributed by atoms with Gasteiger partial charge in [-0.15, -0.1) is 0 Å². The largest absolute Gasteiger partial charge is 0.459 e. The molecule has 0 aliphatic carbocycles. The van der Waals surface area contributed by atoms with Crippen LogP contribution in [0.25, 0.3) is 22.5 Å². The molecule has 7 heteroatoms. The lowest BCUT2D eigenvalue weighted by Gasteiger charge is -2.33. The van der Waals surface area contributed by atoms with E-state index in [0.717, 1.165) is 29.8 Å². The quantitative estimate of drug-likeness (QED) is 0.473. The van der Waals surface area contributed by atoms with E-state index in [1.54, 1.807) is 6.26 Å². The molecule has 0 atom stereocenters. The number of rotatable bonds is 5. The monoisotopic (exact) mass is 428 g/mol. The maximum absolute atomic E-state index is 13.1. The summed E-state index contributed by atoms with van der Waals surface area (Å²) in [6, 6.07) is 19.7. The van der Waals surface area contributed by atoms with Crippen LogP contribution >= 0.6 is 0 Å². The number of amides is 1. The van der Waals surface area contributed by atoms with Crippen LogP contribution in [0.2, 0.25) is 0 Å². The predicted molar refractivity (Wildman–Crippen MR) is 120 cm³/mol. The van der Waals surface area contributed by atoms with Gasteiger partial charge in [-0.1, -0.05) is 65.3 Å². The number of hydrogen-bond acceptors (Lipinski definition) is 6. The van der Waals surface area contributed by atoms with Crippen molar-refractivity contribution >= 4 is 5.91 Å². The van der Waals surface area contributed by atoms with E-state index in [2.05, 4.69) is 15.0 Å². The number of carbonyl (C=O) groups is 1. The van der Waals surface area contributed by atoms with Crippen LogP contribution in [0.5, 0.6) is 0 Å². The highest BCUT2D eigenvalue weighted by Crippen LogP contribution is 2.26. The first-order valence-electron chi connectivity index (χ1n) is 10.7. The fourth-order valence-electron chi connectivity index (χ4n) is 3.90. The lowest BCUT2D eigenvalue weighted by Crippen LogP contribution is -2.48. The van der Waals surface area contributed by atoms with Crippen LogP contribution in [0.1, 0.15) is 22.0 Å². The van der Waals surface area contributed by atoms with Crippen LogP contribution < -0.4 is 0 Å². The summed E-state index contributed by atoms with van der Waals surface area (Å²) in [4.78, 5) is 21.7. The fourth-order valence-corrected chi connectivity index (χ4v) is 3.90. The van der Waals surface area contributed by atoms with Gasteiger partial charge in [-0.3, -0.25) is 9.69 Å². The van der Waals surface area contributed by atoms with Crippen molar-refractivity contribution in [3.63, 3.8) is 0 Å². The Labute approximate surface area is 186 Å². The number of aromatic nitrogens is 2. The Morgan fingerprint density at radius 2 is 1.69 bits per heavy atom. The molecule has 0 N–H and O–H groups in total. The molecule has 1 fully saturated rings. The third kappa shape index (κ3) is 4.20. The number of nitrogens with zero attached hydrogens (tertiary/aromatic N) is 4. The summed E-state index contributed by atoms with van der Waals surface area (Å²) >= 11 is 0.